The molecular formula is C44H71NOS. The largest absolute Gasteiger partial charge is 0.374 e. The number of rotatable bonds is 4. The lowest BCUT2D eigenvalue weighted by Gasteiger charge is -2.54. The third-order valence-electron chi connectivity index (χ3n) is 18.0. The molecule has 0 aromatic carbocycles. The molecule has 0 aromatic rings. The third-order valence-corrected chi connectivity index (χ3v) is 20.0. The van der Waals surface area contributed by atoms with E-state index in [4.69, 9.17) is 4.74 Å². The highest BCUT2D eigenvalue weighted by Crippen LogP contribution is 2.64. The Balaban J connectivity index is 0.828. The Hall–Kier alpha value is 0.270. The molecule has 0 aromatic heterocycles. The molecule has 0 N–H and O–H groups in total. The van der Waals surface area contributed by atoms with Crippen molar-refractivity contribution in [3.8, 4) is 0 Å². The van der Waals surface area contributed by atoms with Crippen molar-refractivity contribution in [3.63, 3.8) is 0 Å². The van der Waals surface area contributed by atoms with E-state index in [-0.39, 0.29) is 0 Å². The second-order valence-corrected chi connectivity index (χ2v) is 21.1. The van der Waals surface area contributed by atoms with Crippen molar-refractivity contribution in [2.75, 3.05) is 0 Å². The van der Waals surface area contributed by atoms with Crippen molar-refractivity contribution in [1.29, 1.82) is 0 Å². The summed E-state index contributed by atoms with van der Waals surface area (Å²) in [4.78, 5) is 3.33. The first kappa shape index (κ1) is 32.0. The highest BCUT2D eigenvalue weighted by Gasteiger charge is 2.60. The van der Waals surface area contributed by atoms with Gasteiger partial charge in [0, 0.05) is 34.5 Å². The van der Waals surface area contributed by atoms with Crippen molar-refractivity contribution in [2.24, 2.45) is 59.2 Å². The summed E-state index contributed by atoms with van der Waals surface area (Å²) in [6, 6.07) is 2.77. The zero-order valence-electron chi connectivity index (χ0n) is 30.2. The maximum atomic E-state index is 6.85. The van der Waals surface area contributed by atoms with Crippen LogP contribution in [0.5, 0.6) is 0 Å². The molecule has 0 radical (unpaired) electrons. The first-order chi connectivity index (χ1) is 23.3. The van der Waals surface area contributed by atoms with Gasteiger partial charge in [0.05, 0.1) is 12.2 Å². The fourth-order valence-corrected chi connectivity index (χ4v) is 18.7. The summed E-state index contributed by atoms with van der Waals surface area (Å²) in [5.41, 5.74) is 0. The standard InChI is InChI=1S/C44H71NOS/c1-2-10-31(11-3-1)45(33-24-21-30-18-17-28-9-4-5-12-34(28)39(30)27-33)32-22-19-29(20-23-32)35-14-8-15-36-37-25-26-41-42(44(37)47-43(35)36)38-13-6-7-16-40(38)46-41/h28-44H,1-27H2. The van der Waals surface area contributed by atoms with E-state index in [0.717, 1.165) is 87.8 Å². The maximum absolute atomic E-state index is 6.85. The molecule has 0 bridgehead atoms. The molecule has 264 valence electrons. The van der Waals surface area contributed by atoms with Crippen molar-refractivity contribution in [2.45, 2.75) is 214 Å². The van der Waals surface area contributed by atoms with E-state index in [1.807, 2.05) is 0 Å². The minimum Gasteiger partial charge on any atom is -0.374 e. The summed E-state index contributed by atoms with van der Waals surface area (Å²) in [5, 5.41) is 1.95. The average Bonchev–Trinajstić information content (AvgIpc) is 3.71. The molecular weight excluding hydrogens is 591 g/mol. The Morgan fingerprint density at radius 2 is 0.957 bits per heavy atom. The van der Waals surface area contributed by atoms with Gasteiger partial charge in [0.15, 0.2) is 0 Å². The van der Waals surface area contributed by atoms with Crippen LogP contribution in [0.2, 0.25) is 0 Å². The van der Waals surface area contributed by atoms with E-state index < -0.39 is 0 Å². The Kier molecular flexibility index (Phi) is 9.30. The first-order valence-corrected chi connectivity index (χ1v) is 23.3. The second-order valence-electron chi connectivity index (χ2n) is 19.8. The van der Waals surface area contributed by atoms with E-state index in [9.17, 15) is 0 Å². The van der Waals surface area contributed by atoms with Gasteiger partial charge in [-0.05, 0) is 169 Å². The van der Waals surface area contributed by atoms with Crippen LogP contribution in [0, 0.1) is 59.2 Å². The first-order valence-electron chi connectivity index (χ1n) is 22.4. The van der Waals surface area contributed by atoms with Crippen LogP contribution in [0.15, 0.2) is 0 Å². The van der Waals surface area contributed by atoms with E-state index in [2.05, 4.69) is 16.7 Å². The molecule has 2 aliphatic heterocycles. The molecule has 0 amide bonds. The van der Waals surface area contributed by atoms with Crippen LogP contribution in [-0.4, -0.2) is 45.7 Å². The van der Waals surface area contributed by atoms with Crippen LogP contribution in [0.3, 0.4) is 0 Å². The van der Waals surface area contributed by atoms with Crippen molar-refractivity contribution in [1.82, 2.24) is 4.90 Å². The summed E-state index contributed by atoms with van der Waals surface area (Å²) in [6.45, 7) is 0. The van der Waals surface area contributed by atoms with Gasteiger partial charge in [-0.15, -0.1) is 0 Å². The fraction of sp³-hybridized carbons (Fsp3) is 1.00. The Morgan fingerprint density at radius 1 is 0.362 bits per heavy atom. The highest BCUT2D eigenvalue weighted by molar-refractivity contribution is 8.00. The van der Waals surface area contributed by atoms with Crippen LogP contribution < -0.4 is 0 Å². The van der Waals surface area contributed by atoms with Gasteiger partial charge in [0.1, 0.15) is 0 Å². The lowest BCUT2D eigenvalue weighted by atomic mass is 9.57. The molecule has 3 heteroatoms. The monoisotopic (exact) mass is 662 g/mol. The molecule has 10 rings (SSSR count). The van der Waals surface area contributed by atoms with Gasteiger partial charge in [-0.3, -0.25) is 4.90 Å². The molecule has 2 saturated heterocycles. The second kappa shape index (κ2) is 13.7. The molecule has 0 spiro atoms. The number of ether oxygens (including phenoxy) is 1. The number of nitrogens with zero attached hydrogens (tertiary/aromatic N) is 1. The summed E-state index contributed by atoms with van der Waals surface area (Å²) in [7, 11) is 0. The van der Waals surface area contributed by atoms with Crippen molar-refractivity contribution < 1.29 is 4.74 Å². The SMILES string of the molecule is C1CCC(N(C2CCC(C3CCCC4C5CCC6OC7CCCCC7C6C5SC34)CC2)C2CCC3CCC4CCCCC4C3C2)CC1. The van der Waals surface area contributed by atoms with Crippen LogP contribution >= 0.6 is 11.8 Å². The molecule has 2 nitrogen and oxygen atoms in total. The lowest BCUT2D eigenvalue weighted by molar-refractivity contribution is -0.0448. The van der Waals surface area contributed by atoms with E-state index in [0.29, 0.717) is 12.2 Å². The number of fused-ring (bicyclic) bond motifs is 10. The summed E-state index contributed by atoms with van der Waals surface area (Å²) in [5.74, 6) is 10.4. The van der Waals surface area contributed by atoms with Gasteiger partial charge in [-0.25, -0.2) is 0 Å². The molecule has 47 heavy (non-hydrogen) atoms. The Labute approximate surface area is 293 Å². The van der Waals surface area contributed by atoms with Crippen LogP contribution in [0.4, 0.5) is 0 Å². The molecule has 8 aliphatic carbocycles. The molecule has 8 saturated carbocycles. The Morgan fingerprint density at radius 3 is 1.81 bits per heavy atom. The topological polar surface area (TPSA) is 12.5 Å². The summed E-state index contributed by atoms with van der Waals surface area (Å²) < 4.78 is 6.85. The van der Waals surface area contributed by atoms with E-state index >= 15 is 0 Å². The normalized spacial score (nSPS) is 53.3. The Bertz CT molecular complexity index is 1070. The highest BCUT2D eigenvalue weighted by atomic mass is 32.2. The number of thioether (sulfide) groups is 1. The smallest absolute Gasteiger partial charge is 0.0621 e. The maximum Gasteiger partial charge on any atom is 0.0621 e. The van der Waals surface area contributed by atoms with Gasteiger partial charge in [-0.1, -0.05) is 57.8 Å². The predicted molar refractivity (Wildman–Crippen MR) is 197 cm³/mol. The van der Waals surface area contributed by atoms with Gasteiger partial charge in [-0.2, -0.15) is 11.8 Å². The van der Waals surface area contributed by atoms with Gasteiger partial charge < -0.3 is 4.74 Å². The summed E-state index contributed by atoms with van der Waals surface area (Å²) in [6.07, 6.45) is 42.6. The van der Waals surface area contributed by atoms with E-state index in [1.165, 1.54) is 70.6 Å². The van der Waals surface area contributed by atoms with Crippen LogP contribution in [-0.2, 0) is 4.74 Å². The van der Waals surface area contributed by atoms with E-state index in [1.54, 1.807) is 103 Å². The number of hydrogen-bond acceptors (Lipinski definition) is 3. The predicted octanol–water partition coefficient (Wildman–Crippen LogP) is 11.4. The molecule has 14 unspecified atom stereocenters. The van der Waals surface area contributed by atoms with Crippen molar-refractivity contribution in [3.05, 3.63) is 0 Å². The average molecular weight is 662 g/mol. The third kappa shape index (κ3) is 5.78. The van der Waals surface area contributed by atoms with Gasteiger partial charge in [0.25, 0.3) is 0 Å². The minimum absolute atomic E-state index is 0.629. The van der Waals surface area contributed by atoms with Crippen LogP contribution in [0.1, 0.15) is 173 Å². The quantitative estimate of drug-likeness (QED) is 0.297. The van der Waals surface area contributed by atoms with Crippen molar-refractivity contribution >= 4 is 11.8 Å². The molecule has 10 aliphatic rings. The lowest BCUT2D eigenvalue weighted by Crippen LogP contribution is -2.55. The molecule has 10 fully saturated rings. The number of hydrogen-bond donors (Lipinski definition) is 0. The van der Waals surface area contributed by atoms with Gasteiger partial charge in [0.2, 0.25) is 0 Å². The summed E-state index contributed by atoms with van der Waals surface area (Å²) >= 11 is 2.59. The zero-order valence-corrected chi connectivity index (χ0v) is 31.0. The molecule has 2 heterocycles. The minimum atomic E-state index is 0.629. The molecule has 14 atom stereocenters. The fourth-order valence-electron chi connectivity index (χ4n) is 16.2. The zero-order chi connectivity index (χ0) is 30.9. The van der Waals surface area contributed by atoms with Crippen LogP contribution in [0.25, 0.3) is 0 Å². The van der Waals surface area contributed by atoms with Gasteiger partial charge >= 0.3 is 0 Å².